The quantitative estimate of drug-likeness (QED) is 0.564. The molecule has 1 aromatic heterocycles. The summed E-state index contributed by atoms with van der Waals surface area (Å²) in [7, 11) is 3.47. The van der Waals surface area contributed by atoms with Crippen LogP contribution in [-0.4, -0.2) is 49.1 Å². The molecule has 0 bridgehead atoms. The van der Waals surface area contributed by atoms with Gasteiger partial charge in [0.15, 0.2) is 5.96 Å². The molecule has 6 heteroatoms. The number of methoxy groups -OCH3 is 1. The predicted molar refractivity (Wildman–Crippen MR) is 77.2 cm³/mol. The SMILES string of the molecule is CN=C(NCC(C)Cn1cccn1)NC(C)COC. The van der Waals surface area contributed by atoms with E-state index in [1.54, 1.807) is 20.4 Å². The van der Waals surface area contributed by atoms with E-state index in [4.69, 9.17) is 4.74 Å². The van der Waals surface area contributed by atoms with Crippen LogP contribution < -0.4 is 10.6 Å². The molecular formula is C13H25N5O. The topological polar surface area (TPSA) is 63.5 Å². The van der Waals surface area contributed by atoms with Crippen LogP contribution in [0.3, 0.4) is 0 Å². The highest BCUT2D eigenvalue weighted by molar-refractivity contribution is 5.79. The highest BCUT2D eigenvalue weighted by atomic mass is 16.5. The van der Waals surface area contributed by atoms with Gasteiger partial charge in [0.1, 0.15) is 0 Å². The Labute approximate surface area is 115 Å². The van der Waals surface area contributed by atoms with E-state index in [0.29, 0.717) is 12.5 Å². The molecule has 2 N–H and O–H groups in total. The smallest absolute Gasteiger partial charge is 0.191 e. The fourth-order valence-electron chi connectivity index (χ4n) is 1.78. The van der Waals surface area contributed by atoms with Crippen molar-refractivity contribution in [2.75, 3.05) is 27.3 Å². The van der Waals surface area contributed by atoms with Crippen LogP contribution in [0.5, 0.6) is 0 Å². The summed E-state index contributed by atoms with van der Waals surface area (Å²) in [6.07, 6.45) is 3.78. The lowest BCUT2D eigenvalue weighted by molar-refractivity contribution is 0.179. The zero-order chi connectivity index (χ0) is 14.1. The first kappa shape index (κ1) is 15.5. The maximum atomic E-state index is 5.09. The summed E-state index contributed by atoms with van der Waals surface area (Å²) in [5.41, 5.74) is 0. The predicted octanol–water partition coefficient (Wildman–Crippen LogP) is 0.719. The Kier molecular flexibility index (Phi) is 6.95. The van der Waals surface area contributed by atoms with Gasteiger partial charge in [0.2, 0.25) is 0 Å². The van der Waals surface area contributed by atoms with Crippen LogP contribution in [-0.2, 0) is 11.3 Å². The maximum absolute atomic E-state index is 5.09. The molecule has 1 rings (SSSR count). The zero-order valence-corrected chi connectivity index (χ0v) is 12.3. The van der Waals surface area contributed by atoms with Gasteiger partial charge in [0, 0.05) is 45.7 Å². The largest absolute Gasteiger partial charge is 0.383 e. The summed E-state index contributed by atoms with van der Waals surface area (Å²) in [5, 5.41) is 10.8. The van der Waals surface area contributed by atoms with Gasteiger partial charge in [-0.1, -0.05) is 6.92 Å². The summed E-state index contributed by atoms with van der Waals surface area (Å²) < 4.78 is 7.03. The summed E-state index contributed by atoms with van der Waals surface area (Å²) >= 11 is 0. The number of aromatic nitrogens is 2. The number of nitrogens with one attached hydrogen (secondary N) is 2. The zero-order valence-electron chi connectivity index (χ0n) is 12.3. The number of hydrogen-bond acceptors (Lipinski definition) is 3. The molecule has 1 aromatic rings. The number of rotatable bonds is 7. The van der Waals surface area contributed by atoms with Crippen molar-refractivity contribution in [3.63, 3.8) is 0 Å². The highest BCUT2D eigenvalue weighted by Crippen LogP contribution is 1.97. The minimum absolute atomic E-state index is 0.234. The number of hydrogen-bond donors (Lipinski definition) is 2. The van der Waals surface area contributed by atoms with Gasteiger partial charge in [-0.05, 0) is 18.9 Å². The summed E-state index contributed by atoms with van der Waals surface area (Å²) in [4.78, 5) is 4.20. The van der Waals surface area contributed by atoms with Gasteiger partial charge in [0.05, 0.1) is 6.61 Å². The van der Waals surface area contributed by atoms with Crippen molar-refractivity contribution in [3.05, 3.63) is 18.5 Å². The molecule has 0 radical (unpaired) electrons. The second kappa shape index (κ2) is 8.53. The van der Waals surface area contributed by atoms with E-state index < -0.39 is 0 Å². The fourth-order valence-corrected chi connectivity index (χ4v) is 1.78. The Morgan fingerprint density at radius 2 is 2.26 bits per heavy atom. The van der Waals surface area contributed by atoms with Crippen molar-refractivity contribution in [1.82, 2.24) is 20.4 Å². The third kappa shape index (κ3) is 6.24. The molecule has 0 saturated heterocycles. The van der Waals surface area contributed by atoms with Gasteiger partial charge in [-0.3, -0.25) is 9.67 Å². The first-order chi connectivity index (χ1) is 9.15. The standard InChI is InChI=1S/C13H25N5O/c1-11(9-18-7-5-6-16-18)8-15-13(14-3)17-12(2)10-19-4/h5-7,11-12H,8-10H2,1-4H3,(H2,14,15,17). The van der Waals surface area contributed by atoms with Gasteiger partial charge in [-0.25, -0.2) is 0 Å². The van der Waals surface area contributed by atoms with Crippen molar-refractivity contribution < 1.29 is 4.74 Å². The molecule has 6 nitrogen and oxygen atoms in total. The summed E-state index contributed by atoms with van der Waals surface area (Å²) in [6, 6.07) is 2.17. The first-order valence-electron chi connectivity index (χ1n) is 6.59. The Hall–Kier alpha value is -1.56. The van der Waals surface area contributed by atoms with Crippen molar-refractivity contribution in [2.24, 2.45) is 10.9 Å². The first-order valence-corrected chi connectivity index (χ1v) is 6.59. The number of ether oxygens (including phenoxy) is 1. The lowest BCUT2D eigenvalue weighted by Crippen LogP contribution is -2.45. The summed E-state index contributed by atoms with van der Waals surface area (Å²) in [5.74, 6) is 1.27. The number of aliphatic imine (C=N–C) groups is 1. The van der Waals surface area contributed by atoms with Crippen molar-refractivity contribution >= 4 is 5.96 Å². The molecule has 0 aliphatic heterocycles. The summed E-state index contributed by atoms with van der Waals surface area (Å²) in [6.45, 7) is 6.64. The Bertz CT molecular complexity index is 363. The van der Waals surface area contributed by atoms with E-state index in [1.807, 2.05) is 16.9 Å². The van der Waals surface area contributed by atoms with Gasteiger partial charge in [0.25, 0.3) is 0 Å². The van der Waals surface area contributed by atoms with Crippen LogP contribution in [0.2, 0.25) is 0 Å². The van der Waals surface area contributed by atoms with Crippen molar-refractivity contribution in [3.8, 4) is 0 Å². The normalized spacial score (nSPS) is 15.1. The third-order valence-corrected chi connectivity index (χ3v) is 2.70. The van der Waals surface area contributed by atoms with Crippen LogP contribution in [0.25, 0.3) is 0 Å². The van der Waals surface area contributed by atoms with Crippen molar-refractivity contribution in [1.29, 1.82) is 0 Å². The van der Waals surface area contributed by atoms with E-state index in [9.17, 15) is 0 Å². The highest BCUT2D eigenvalue weighted by Gasteiger charge is 2.07. The maximum Gasteiger partial charge on any atom is 0.191 e. The molecule has 19 heavy (non-hydrogen) atoms. The Balaban J connectivity index is 2.28. The van der Waals surface area contributed by atoms with Gasteiger partial charge >= 0.3 is 0 Å². The van der Waals surface area contributed by atoms with E-state index >= 15 is 0 Å². The van der Waals surface area contributed by atoms with Crippen LogP contribution in [0.15, 0.2) is 23.5 Å². The molecule has 0 aromatic carbocycles. The molecule has 0 aliphatic rings. The van der Waals surface area contributed by atoms with Gasteiger partial charge in [-0.2, -0.15) is 5.10 Å². The molecule has 1 heterocycles. The monoisotopic (exact) mass is 267 g/mol. The molecule has 2 atom stereocenters. The molecule has 0 aliphatic carbocycles. The minimum atomic E-state index is 0.234. The van der Waals surface area contributed by atoms with Crippen molar-refractivity contribution in [2.45, 2.75) is 26.4 Å². The second-order valence-electron chi connectivity index (χ2n) is 4.79. The minimum Gasteiger partial charge on any atom is -0.383 e. The average molecular weight is 267 g/mol. The van der Waals surface area contributed by atoms with Gasteiger partial charge < -0.3 is 15.4 Å². The van der Waals surface area contributed by atoms with Crippen LogP contribution in [0.4, 0.5) is 0 Å². The molecular weight excluding hydrogens is 242 g/mol. The molecule has 108 valence electrons. The van der Waals surface area contributed by atoms with E-state index in [1.165, 1.54) is 0 Å². The van der Waals surface area contributed by atoms with Crippen LogP contribution in [0.1, 0.15) is 13.8 Å². The van der Waals surface area contributed by atoms with Crippen LogP contribution >= 0.6 is 0 Å². The number of guanidine groups is 1. The fraction of sp³-hybridized carbons (Fsp3) is 0.692. The molecule has 0 saturated carbocycles. The van der Waals surface area contributed by atoms with E-state index in [-0.39, 0.29) is 6.04 Å². The van der Waals surface area contributed by atoms with E-state index in [2.05, 4.69) is 34.6 Å². The molecule has 0 spiro atoms. The number of nitrogens with zero attached hydrogens (tertiary/aromatic N) is 3. The Morgan fingerprint density at radius 3 is 2.84 bits per heavy atom. The van der Waals surface area contributed by atoms with E-state index in [0.717, 1.165) is 19.0 Å². The Morgan fingerprint density at radius 1 is 1.47 bits per heavy atom. The lowest BCUT2D eigenvalue weighted by atomic mass is 10.2. The molecule has 0 amide bonds. The second-order valence-corrected chi connectivity index (χ2v) is 4.79. The van der Waals surface area contributed by atoms with Crippen LogP contribution in [0, 0.1) is 5.92 Å². The molecule has 2 unspecified atom stereocenters. The third-order valence-electron chi connectivity index (χ3n) is 2.70. The average Bonchev–Trinajstić information content (AvgIpc) is 2.87. The van der Waals surface area contributed by atoms with Gasteiger partial charge in [-0.15, -0.1) is 0 Å². The molecule has 0 fully saturated rings. The lowest BCUT2D eigenvalue weighted by Gasteiger charge is -2.19.